The number of rotatable bonds is 3. The molecule has 0 N–H and O–H groups in total. The van der Waals surface area contributed by atoms with Crippen molar-refractivity contribution in [3.8, 4) is 0 Å². The monoisotopic (exact) mass is 200 g/mol. The van der Waals surface area contributed by atoms with E-state index in [1.54, 1.807) is 7.05 Å². The van der Waals surface area contributed by atoms with Crippen molar-refractivity contribution < 1.29 is 9.63 Å². The predicted molar refractivity (Wildman–Crippen MR) is 54.6 cm³/mol. The summed E-state index contributed by atoms with van der Waals surface area (Å²) in [4.78, 5) is 19.0. The van der Waals surface area contributed by atoms with Gasteiger partial charge < -0.3 is 0 Å². The highest BCUT2D eigenvalue weighted by molar-refractivity contribution is 5.81. The first-order valence-electron chi connectivity index (χ1n) is 5.15. The summed E-state index contributed by atoms with van der Waals surface area (Å²) in [7, 11) is 3.19. The van der Waals surface area contributed by atoms with Crippen molar-refractivity contribution in [1.29, 1.82) is 0 Å². The topological polar surface area (TPSA) is 32.8 Å². The molecule has 0 aromatic carbocycles. The zero-order valence-corrected chi connectivity index (χ0v) is 9.49. The van der Waals surface area contributed by atoms with Crippen molar-refractivity contribution >= 4 is 5.91 Å². The van der Waals surface area contributed by atoms with E-state index in [2.05, 4.69) is 18.7 Å². The Kier molecular flexibility index (Phi) is 3.89. The summed E-state index contributed by atoms with van der Waals surface area (Å²) in [5.74, 6) is 0.0682. The molecule has 1 amide bonds. The van der Waals surface area contributed by atoms with Gasteiger partial charge in [0.05, 0.1) is 13.2 Å². The summed E-state index contributed by atoms with van der Waals surface area (Å²) in [5.41, 5.74) is 0. The zero-order chi connectivity index (χ0) is 10.7. The van der Waals surface area contributed by atoms with Crippen molar-refractivity contribution in [3.63, 3.8) is 0 Å². The van der Waals surface area contributed by atoms with Gasteiger partial charge in [0.2, 0.25) is 0 Å². The standard InChI is InChI=1S/C10H20N2O2/c1-8(2)12-7-5-6-9(12)10(13)11(3)14-4/h8-9H,5-7H2,1-4H3/t9-/m0/s1. The number of carbonyl (C=O) groups excluding carboxylic acids is 1. The average molecular weight is 200 g/mol. The van der Waals surface area contributed by atoms with Gasteiger partial charge in [0.15, 0.2) is 0 Å². The average Bonchev–Trinajstić information content (AvgIpc) is 2.63. The Hall–Kier alpha value is -0.610. The number of amides is 1. The maximum Gasteiger partial charge on any atom is 0.263 e. The molecule has 0 unspecified atom stereocenters. The molecule has 1 aliphatic rings. The molecular weight excluding hydrogens is 180 g/mol. The highest BCUT2D eigenvalue weighted by Gasteiger charge is 2.33. The summed E-state index contributed by atoms with van der Waals surface area (Å²) in [6.45, 7) is 5.27. The van der Waals surface area contributed by atoms with Crippen molar-refractivity contribution in [1.82, 2.24) is 9.96 Å². The van der Waals surface area contributed by atoms with E-state index >= 15 is 0 Å². The molecule has 1 atom stereocenters. The fraction of sp³-hybridized carbons (Fsp3) is 0.900. The Labute approximate surface area is 85.8 Å². The number of hydrogen-bond acceptors (Lipinski definition) is 3. The predicted octanol–water partition coefficient (Wildman–Crippen LogP) is 0.879. The van der Waals surface area contributed by atoms with Crippen LogP contribution in [0.25, 0.3) is 0 Å². The smallest absolute Gasteiger partial charge is 0.263 e. The molecule has 1 fully saturated rings. The summed E-state index contributed by atoms with van der Waals surface area (Å²) >= 11 is 0. The van der Waals surface area contributed by atoms with Gasteiger partial charge >= 0.3 is 0 Å². The van der Waals surface area contributed by atoms with E-state index in [-0.39, 0.29) is 11.9 Å². The maximum atomic E-state index is 11.9. The number of carbonyl (C=O) groups is 1. The van der Waals surface area contributed by atoms with Gasteiger partial charge in [-0.25, -0.2) is 5.06 Å². The van der Waals surface area contributed by atoms with Crippen LogP contribution in [0.15, 0.2) is 0 Å². The van der Waals surface area contributed by atoms with Crippen LogP contribution in [0.4, 0.5) is 0 Å². The van der Waals surface area contributed by atoms with E-state index in [1.165, 1.54) is 12.2 Å². The molecule has 1 aliphatic heterocycles. The van der Waals surface area contributed by atoms with Gasteiger partial charge in [0.1, 0.15) is 0 Å². The van der Waals surface area contributed by atoms with Crippen molar-refractivity contribution in [2.75, 3.05) is 20.7 Å². The molecule has 82 valence electrons. The lowest BCUT2D eigenvalue weighted by Gasteiger charge is -2.29. The van der Waals surface area contributed by atoms with Crippen LogP contribution < -0.4 is 0 Å². The largest absolute Gasteiger partial charge is 0.289 e. The fourth-order valence-electron chi connectivity index (χ4n) is 1.97. The molecule has 0 saturated carbocycles. The second kappa shape index (κ2) is 4.75. The SMILES string of the molecule is CON(C)C(=O)[C@@H]1CCCN1C(C)C. The third-order valence-electron chi connectivity index (χ3n) is 2.83. The Bertz CT molecular complexity index is 206. The lowest BCUT2D eigenvalue weighted by atomic mass is 10.2. The Morgan fingerprint density at radius 1 is 1.57 bits per heavy atom. The van der Waals surface area contributed by atoms with Crippen LogP contribution in [0.1, 0.15) is 26.7 Å². The van der Waals surface area contributed by atoms with Crippen LogP contribution in [0, 0.1) is 0 Å². The molecule has 4 nitrogen and oxygen atoms in total. The van der Waals surface area contributed by atoms with Crippen LogP contribution in [-0.2, 0) is 9.63 Å². The third kappa shape index (κ3) is 2.25. The summed E-state index contributed by atoms with van der Waals surface area (Å²) in [6, 6.07) is 0.441. The molecule has 0 spiro atoms. The molecule has 1 heterocycles. The molecule has 0 aliphatic carbocycles. The molecular formula is C10H20N2O2. The Morgan fingerprint density at radius 2 is 2.21 bits per heavy atom. The third-order valence-corrected chi connectivity index (χ3v) is 2.83. The van der Waals surface area contributed by atoms with E-state index in [0.29, 0.717) is 6.04 Å². The molecule has 1 rings (SSSR count). The number of nitrogens with zero attached hydrogens (tertiary/aromatic N) is 2. The van der Waals surface area contributed by atoms with Crippen molar-refractivity contribution in [3.05, 3.63) is 0 Å². The number of hydrogen-bond donors (Lipinski definition) is 0. The zero-order valence-electron chi connectivity index (χ0n) is 9.49. The van der Waals surface area contributed by atoms with E-state index in [1.807, 2.05) is 0 Å². The summed E-state index contributed by atoms with van der Waals surface area (Å²) in [6.07, 6.45) is 2.05. The molecule has 0 bridgehead atoms. The molecule has 0 aromatic rings. The molecule has 1 saturated heterocycles. The Balaban J connectivity index is 2.62. The lowest BCUT2D eigenvalue weighted by molar-refractivity contribution is -0.174. The minimum atomic E-state index is 0.0138. The van der Waals surface area contributed by atoms with Gasteiger partial charge in [0, 0.05) is 13.1 Å². The van der Waals surface area contributed by atoms with Crippen molar-refractivity contribution in [2.45, 2.75) is 38.8 Å². The van der Waals surface area contributed by atoms with E-state index in [9.17, 15) is 4.79 Å². The minimum absolute atomic E-state index is 0.0138. The van der Waals surface area contributed by atoms with Gasteiger partial charge in [-0.1, -0.05) is 0 Å². The summed E-state index contributed by atoms with van der Waals surface area (Å²) < 4.78 is 0. The van der Waals surface area contributed by atoms with E-state index in [0.717, 1.165) is 19.4 Å². The van der Waals surface area contributed by atoms with Gasteiger partial charge in [-0.15, -0.1) is 0 Å². The van der Waals surface area contributed by atoms with Crippen LogP contribution in [0.3, 0.4) is 0 Å². The maximum absolute atomic E-state index is 11.9. The van der Waals surface area contributed by atoms with Crippen LogP contribution in [0.5, 0.6) is 0 Å². The number of likely N-dealkylation sites (tertiary alicyclic amines) is 1. The molecule has 4 heteroatoms. The number of likely N-dealkylation sites (N-methyl/N-ethyl adjacent to an activating group) is 1. The van der Waals surface area contributed by atoms with Gasteiger partial charge in [-0.2, -0.15) is 0 Å². The summed E-state index contributed by atoms with van der Waals surface area (Å²) in [5, 5.41) is 1.32. The quantitative estimate of drug-likeness (QED) is 0.634. The van der Waals surface area contributed by atoms with Gasteiger partial charge in [-0.3, -0.25) is 14.5 Å². The molecule has 14 heavy (non-hydrogen) atoms. The van der Waals surface area contributed by atoms with Gasteiger partial charge in [0.25, 0.3) is 5.91 Å². The second-order valence-electron chi connectivity index (χ2n) is 4.01. The Morgan fingerprint density at radius 3 is 2.71 bits per heavy atom. The fourth-order valence-corrected chi connectivity index (χ4v) is 1.97. The number of hydroxylamine groups is 2. The first kappa shape index (κ1) is 11.5. The van der Waals surface area contributed by atoms with Crippen LogP contribution in [0.2, 0.25) is 0 Å². The second-order valence-corrected chi connectivity index (χ2v) is 4.01. The van der Waals surface area contributed by atoms with E-state index in [4.69, 9.17) is 4.84 Å². The molecule has 0 radical (unpaired) electrons. The first-order chi connectivity index (χ1) is 6.57. The highest BCUT2D eigenvalue weighted by atomic mass is 16.7. The highest BCUT2D eigenvalue weighted by Crippen LogP contribution is 2.21. The normalized spacial score (nSPS) is 23.1. The minimum Gasteiger partial charge on any atom is -0.289 e. The first-order valence-corrected chi connectivity index (χ1v) is 5.15. The van der Waals surface area contributed by atoms with Gasteiger partial charge in [-0.05, 0) is 33.2 Å². The van der Waals surface area contributed by atoms with Crippen LogP contribution >= 0.6 is 0 Å². The van der Waals surface area contributed by atoms with Crippen LogP contribution in [-0.4, -0.2) is 48.7 Å². The lowest BCUT2D eigenvalue weighted by Crippen LogP contribution is -2.46. The van der Waals surface area contributed by atoms with Crippen molar-refractivity contribution in [2.24, 2.45) is 0 Å². The van der Waals surface area contributed by atoms with E-state index < -0.39 is 0 Å². The molecule has 0 aromatic heterocycles.